The Hall–Kier alpha value is -1.90. The van der Waals surface area contributed by atoms with Gasteiger partial charge in [0, 0.05) is 26.3 Å². The first-order valence-electron chi connectivity index (χ1n) is 6.39. The second-order valence-electron chi connectivity index (χ2n) is 4.60. The minimum absolute atomic E-state index is 0.00837. The Balaban J connectivity index is 2.35. The number of aliphatic hydroxyl groups excluding tert-OH is 1. The molecule has 1 aromatic carbocycles. The fourth-order valence-electron chi connectivity index (χ4n) is 2.00. The van der Waals surface area contributed by atoms with E-state index in [-0.39, 0.29) is 30.4 Å². The molecule has 0 aliphatic carbocycles. The van der Waals surface area contributed by atoms with Crippen LogP contribution in [-0.2, 0) is 23.6 Å². The summed E-state index contributed by atoms with van der Waals surface area (Å²) in [6.45, 7) is -0.115. The minimum Gasteiger partial charge on any atom is -0.395 e. The molecule has 0 bridgehead atoms. The van der Waals surface area contributed by atoms with Crippen molar-refractivity contribution in [2.24, 2.45) is 7.05 Å². The largest absolute Gasteiger partial charge is 0.395 e. The van der Waals surface area contributed by atoms with E-state index in [1.54, 1.807) is 7.05 Å². The predicted molar refractivity (Wildman–Crippen MR) is 78.7 cm³/mol. The van der Waals surface area contributed by atoms with Crippen LogP contribution in [0.3, 0.4) is 0 Å². The standard InChI is InChI=1S/C13H18N4O3S/c1-16-10-12(13(14)15-16)21(19,20)17(7-8-18)9-11-5-3-2-4-6-11/h2-6,10,18H,7-9H2,1H3,(H2,14,15). The van der Waals surface area contributed by atoms with Gasteiger partial charge in [-0.1, -0.05) is 30.3 Å². The van der Waals surface area contributed by atoms with Crippen LogP contribution in [0.4, 0.5) is 5.82 Å². The lowest BCUT2D eigenvalue weighted by Gasteiger charge is -2.20. The number of hydrogen-bond acceptors (Lipinski definition) is 5. The third kappa shape index (κ3) is 3.41. The molecule has 0 saturated carbocycles. The van der Waals surface area contributed by atoms with Crippen LogP contribution in [0.2, 0.25) is 0 Å². The van der Waals surface area contributed by atoms with Crippen molar-refractivity contribution >= 4 is 15.8 Å². The average Bonchev–Trinajstić information content (AvgIpc) is 2.79. The van der Waals surface area contributed by atoms with E-state index < -0.39 is 10.0 Å². The number of aryl methyl sites for hydroxylation is 1. The van der Waals surface area contributed by atoms with E-state index in [4.69, 9.17) is 10.8 Å². The number of aliphatic hydroxyl groups is 1. The molecule has 2 aromatic rings. The molecule has 0 aliphatic heterocycles. The van der Waals surface area contributed by atoms with Crippen LogP contribution in [0, 0.1) is 0 Å². The third-order valence-electron chi connectivity index (χ3n) is 2.99. The SMILES string of the molecule is Cn1cc(S(=O)(=O)N(CCO)Cc2ccccc2)c(N)n1. The highest BCUT2D eigenvalue weighted by Crippen LogP contribution is 2.22. The zero-order chi connectivity index (χ0) is 15.5. The van der Waals surface area contributed by atoms with E-state index >= 15 is 0 Å². The van der Waals surface area contributed by atoms with Gasteiger partial charge in [0.2, 0.25) is 10.0 Å². The van der Waals surface area contributed by atoms with Crippen molar-refractivity contribution in [3.05, 3.63) is 42.1 Å². The second-order valence-corrected chi connectivity index (χ2v) is 6.51. The fraction of sp³-hybridized carbons (Fsp3) is 0.308. The Bertz CT molecular complexity index is 697. The van der Waals surface area contributed by atoms with Crippen LogP contribution in [0.5, 0.6) is 0 Å². The lowest BCUT2D eigenvalue weighted by Crippen LogP contribution is -2.33. The maximum Gasteiger partial charge on any atom is 0.248 e. The van der Waals surface area contributed by atoms with Crippen LogP contribution < -0.4 is 5.73 Å². The fourth-order valence-corrected chi connectivity index (χ4v) is 3.51. The summed E-state index contributed by atoms with van der Waals surface area (Å²) in [6.07, 6.45) is 1.36. The Morgan fingerprint density at radius 3 is 2.52 bits per heavy atom. The van der Waals surface area contributed by atoms with Gasteiger partial charge in [0.25, 0.3) is 0 Å². The van der Waals surface area contributed by atoms with Gasteiger partial charge in [0.05, 0.1) is 6.61 Å². The molecule has 0 unspecified atom stereocenters. The van der Waals surface area contributed by atoms with Crippen LogP contribution in [0.25, 0.3) is 0 Å². The van der Waals surface area contributed by atoms with Crippen molar-refractivity contribution in [1.29, 1.82) is 0 Å². The smallest absolute Gasteiger partial charge is 0.248 e. The number of anilines is 1. The molecule has 0 radical (unpaired) electrons. The lowest BCUT2D eigenvalue weighted by atomic mass is 10.2. The van der Waals surface area contributed by atoms with Crippen molar-refractivity contribution in [3.63, 3.8) is 0 Å². The van der Waals surface area contributed by atoms with Crippen LogP contribution >= 0.6 is 0 Å². The van der Waals surface area contributed by atoms with Crippen molar-refractivity contribution in [2.75, 3.05) is 18.9 Å². The number of sulfonamides is 1. The number of nitrogens with zero attached hydrogens (tertiary/aromatic N) is 3. The quantitative estimate of drug-likeness (QED) is 0.793. The number of rotatable bonds is 6. The van der Waals surface area contributed by atoms with Crippen LogP contribution in [0.1, 0.15) is 5.56 Å². The summed E-state index contributed by atoms with van der Waals surface area (Å²) in [6, 6.07) is 9.17. The molecule has 0 fully saturated rings. The molecule has 8 heteroatoms. The van der Waals surface area contributed by atoms with Gasteiger partial charge in [-0.3, -0.25) is 4.68 Å². The zero-order valence-electron chi connectivity index (χ0n) is 11.7. The van der Waals surface area contributed by atoms with Gasteiger partial charge in [-0.05, 0) is 5.56 Å². The summed E-state index contributed by atoms with van der Waals surface area (Å²) >= 11 is 0. The molecule has 0 spiro atoms. The summed E-state index contributed by atoms with van der Waals surface area (Å²) in [5, 5.41) is 13.0. The zero-order valence-corrected chi connectivity index (χ0v) is 12.5. The number of hydrogen-bond donors (Lipinski definition) is 2. The molecule has 0 atom stereocenters. The van der Waals surface area contributed by atoms with Crippen molar-refractivity contribution in [2.45, 2.75) is 11.4 Å². The normalized spacial score (nSPS) is 12.0. The molecular formula is C13H18N4O3S. The van der Waals surface area contributed by atoms with E-state index in [0.717, 1.165) is 5.56 Å². The molecule has 0 saturated heterocycles. The molecule has 1 aromatic heterocycles. The average molecular weight is 310 g/mol. The van der Waals surface area contributed by atoms with E-state index in [0.29, 0.717) is 0 Å². The van der Waals surface area contributed by atoms with Gasteiger partial charge < -0.3 is 10.8 Å². The van der Waals surface area contributed by atoms with E-state index in [2.05, 4.69) is 5.10 Å². The number of aromatic nitrogens is 2. The van der Waals surface area contributed by atoms with Gasteiger partial charge in [0.1, 0.15) is 4.90 Å². The summed E-state index contributed by atoms with van der Waals surface area (Å²) in [4.78, 5) is -0.0469. The van der Waals surface area contributed by atoms with E-state index in [1.165, 1.54) is 15.2 Å². The highest BCUT2D eigenvalue weighted by molar-refractivity contribution is 7.89. The maximum absolute atomic E-state index is 12.6. The highest BCUT2D eigenvalue weighted by atomic mass is 32.2. The van der Waals surface area contributed by atoms with Crippen molar-refractivity contribution < 1.29 is 13.5 Å². The van der Waals surface area contributed by atoms with E-state index in [1.807, 2.05) is 30.3 Å². The molecule has 1 heterocycles. The Morgan fingerprint density at radius 2 is 2.00 bits per heavy atom. The van der Waals surface area contributed by atoms with Crippen LogP contribution in [-0.4, -0.2) is 40.8 Å². The maximum atomic E-state index is 12.6. The molecule has 0 amide bonds. The van der Waals surface area contributed by atoms with Crippen molar-refractivity contribution in [3.8, 4) is 0 Å². The number of benzene rings is 1. The van der Waals surface area contributed by atoms with Gasteiger partial charge in [0.15, 0.2) is 5.82 Å². The predicted octanol–water partition coefficient (Wildman–Crippen LogP) is 0.185. The highest BCUT2D eigenvalue weighted by Gasteiger charge is 2.28. The second kappa shape index (κ2) is 6.25. The Morgan fingerprint density at radius 1 is 1.33 bits per heavy atom. The topological polar surface area (TPSA) is 101 Å². The molecule has 21 heavy (non-hydrogen) atoms. The monoisotopic (exact) mass is 310 g/mol. The Kier molecular flexibility index (Phi) is 4.61. The van der Waals surface area contributed by atoms with Gasteiger partial charge in [-0.25, -0.2) is 8.42 Å². The van der Waals surface area contributed by atoms with Gasteiger partial charge >= 0.3 is 0 Å². The first kappa shape index (κ1) is 15.5. The molecule has 0 aliphatic rings. The summed E-state index contributed by atoms with van der Waals surface area (Å²) in [5.74, 6) is -0.0477. The molecule has 2 rings (SSSR count). The van der Waals surface area contributed by atoms with Gasteiger partial charge in [-0.2, -0.15) is 9.40 Å². The third-order valence-corrected chi connectivity index (χ3v) is 4.85. The summed E-state index contributed by atoms with van der Waals surface area (Å²) < 4.78 is 27.8. The molecule has 7 nitrogen and oxygen atoms in total. The van der Waals surface area contributed by atoms with Crippen LogP contribution in [0.15, 0.2) is 41.4 Å². The van der Waals surface area contributed by atoms with E-state index in [9.17, 15) is 8.42 Å². The van der Waals surface area contributed by atoms with Crippen molar-refractivity contribution in [1.82, 2.24) is 14.1 Å². The lowest BCUT2D eigenvalue weighted by molar-refractivity contribution is 0.251. The minimum atomic E-state index is -3.81. The summed E-state index contributed by atoms with van der Waals surface area (Å²) in [7, 11) is -2.21. The Labute approximate surface area is 123 Å². The summed E-state index contributed by atoms with van der Waals surface area (Å²) in [5.41, 5.74) is 6.49. The molecule has 3 N–H and O–H groups in total. The van der Waals surface area contributed by atoms with Gasteiger partial charge in [-0.15, -0.1) is 0 Å². The first-order valence-corrected chi connectivity index (χ1v) is 7.83. The first-order chi connectivity index (χ1) is 9.95. The molecular weight excluding hydrogens is 292 g/mol. The number of nitrogens with two attached hydrogens (primary N) is 1. The molecule has 114 valence electrons. The number of nitrogen functional groups attached to an aromatic ring is 1.